The fourth-order valence-corrected chi connectivity index (χ4v) is 1.25. The summed E-state index contributed by atoms with van der Waals surface area (Å²) in [5.74, 6) is -3.46. The predicted molar refractivity (Wildman–Crippen MR) is 64.0 cm³/mol. The molecule has 0 aromatic heterocycles. The lowest BCUT2D eigenvalue weighted by Crippen LogP contribution is -2.43. The number of ether oxygens (including phenoxy) is 1. The SMILES string of the molecule is NCC(F)(F)CNC(=O)COc1ccccc1Cl. The molecule has 0 saturated carbocycles. The maximum absolute atomic E-state index is 12.7. The van der Waals surface area contributed by atoms with Crippen molar-refractivity contribution in [3.05, 3.63) is 29.3 Å². The highest BCUT2D eigenvalue weighted by atomic mass is 35.5. The number of halogens is 3. The average Bonchev–Trinajstić information content (AvgIpc) is 2.35. The van der Waals surface area contributed by atoms with Crippen molar-refractivity contribution in [1.29, 1.82) is 0 Å². The summed E-state index contributed by atoms with van der Waals surface area (Å²) in [6.07, 6.45) is 0. The van der Waals surface area contributed by atoms with Crippen molar-refractivity contribution in [3.8, 4) is 5.75 Å². The number of amides is 1. The first-order chi connectivity index (χ1) is 8.44. The summed E-state index contributed by atoms with van der Waals surface area (Å²) in [6, 6.07) is 6.56. The van der Waals surface area contributed by atoms with Crippen LogP contribution in [0, 0.1) is 0 Å². The van der Waals surface area contributed by atoms with Gasteiger partial charge in [0, 0.05) is 0 Å². The van der Waals surface area contributed by atoms with Gasteiger partial charge in [-0.05, 0) is 12.1 Å². The Labute approximate surface area is 108 Å². The van der Waals surface area contributed by atoms with Gasteiger partial charge in [0.2, 0.25) is 0 Å². The number of rotatable bonds is 6. The monoisotopic (exact) mass is 278 g/mol. The van der Waals surface area contributed by atoms with Gasteiger partial charge in [-0.3, -0.25) is 4.79 Å². The molecule has 3 N–H and O–H groups in total. The highest BCUT2D eigenvalue weighted by Gasteiger charge is 2.27. The van der Waals surface area contributed by atoms with Crippen LogP contribution in [0.3, 0.4) is 0 Å². The first-order valence-electron chi connectivity index (χ1n) is 5.16. The quantitative estimate of drug-likeness (QED) is 0.827. The van der Waals surface area contributed by atoms with Gasteiger partial charge in [0.15, 0.2) is 6.61 Å². The molecule has 1 aromatic rings. The number of nitrogens with one attached hydrogen (secondary N) is 1. The lowest BCUT2D eigenvalue weighted by molar-refractivity contribution is -0.124. The second kappa shape index (κ2) is 6.51. The van der Waals surface area contributed by atoms with E-state index in [1.165, 1.54) is 0 Å². The molecule has 1 rings (SSSR count). The number of alkyl halides is 2. The molecule has 0 radical (unpaired) electrons. The number of carbonyl (C=O) groups is 1. The molecule has 0 aliphatic carbocycles. The van der Waals surface area contributed by atoms with Gasteiger partial charge in [0.05, 0.1) is 18.1 Å². The lowest BCUT2D eigenvalue weighted by Gasteiger charge is -2.14. The lowest BCUT2D eigenvalue weighted by atomic mass is 10.3. The molecule has 0 bridgehead atoms. The Morgan fingerprint density at radius 2 is 2.11 bits per heavy atom. The van der Waals surface area contributed by atoms with E-state index in [9.17, 15) is 13.6 Å². The summed E-state index contributed by atoms with van der Waals surface area (Å²) in [7, 11) is 0. The topological polar surface area (TPSA) is 64.3 Å². The van der Waals surface area contributed by atoms with Gasteiger partial charge in [-0.1, -0.05) is 23.7 Å². The van der Waals surface area contributed by atoms with Crippen LogP contribution in [0.15, 0.2) is 24.3 Å². The smallest absolute Gasteiger partial charge is 0.277 e. The molecule has 18 heavy (non-hydrogen) atoms. The number of para-hydroxylation sites is 1. The van der Waals surface area contributed by atoms with Crippen LogP contribution >= 0.6 is 11.6 Å². The predicted octanol–water partition coefficient (Wildman–Crippen LogP) is 1.43. The zero-order chi connectivity index (χ0) is 13.6. The third-order valence-corrected chi connectivity index (χ3v) is 2.35. The first kappa shape index (κ1) is 14.7. The van der Waals surface area contributed by atoms with Crippen molar-refractivity contribution in [2.24, 2.45) is 5.73 Å². The molecular formula is C11H13ClF2N2O2. The Balaban J connectivity index is 2.36. The maximum Gasteiger partial charge on any atom is 0.277 e. The Morgan fingerprint density at radius 3 is 2.72 bits per heavy atom. The third kappa shape index (κ3) is 4.85. The van der Waals surface area contributed by atoms with Gasteiger partial charge in [0.25, 0.3) is 11.8 Å². The van der Waals surface area contributed by atoms with Crippen molar-refractivity contribution in [2.75, 3.05) is 19.7 Å². The minimum Gasteiger partial charge on any atom is -0.482 e. The molecule has 0 unspecified atom stereocenters. The number of nitrogens with two attached hydrogens (primary N) is 1. The van der Waals surface area contributed by atoms with E-state index >= 15 is 0 Å². The van der Waals surface area contributed by atoms with E-state index < -0.39 is 24.9 Å². The molecule has 0 fully saturated rings. The molecule has 0 saturated heterocycles. The fourth-order valence-electron chi connectivity index (χ4n) is 1.06. The highest BCUT2D eigenvalue weighted by molar-refractivity contribution is 6.32. The van der Waals surface area contributed by atoms with E-state index in [1.54, 1.807) is 24.3 Å². The van der Waals surface area contributed by atoms with Crippen molar-refractivity contribution < 1.29 is 18.3 Å². The molecule has 4 nitrogen and oxygen atoms in total. The van der Waals surface area contributed by atoms with Crippen LogP contribution < -0.4 is 15.8 Å². The van der Waals surface area contributed by atoms with E-state index in [-0.39, 0.29) is 6.61 Å². The van der Waals surface area contributed by atoms with E-state index in [2.05, 4.69) is 0 Å². The van der Waals surface area contributed by atoms with Crippen LogP contribution in [0.25, 0.3) is 0 Å². The Bertz CT molecular complexity index is 416. The standard InChI is InChI=1S/C11H13ClF2N2O2/c12-8-3-1-2-4-9(8)18-5-10(17)16-7-11(13,14)6-15/h1-4H,5-7,15H2,(H,16,17). The minimum atomic E-state index is -3.11. The molecule has 0 aliphatic heterocycles. The summed E-state index contributed by atoms with van der Waals surface area (Å²) in [6.45, 7) is -2.02. The largest absolute Gasteiger partial charge is 0.482 e. The summed E-state index contributed by atoms with van der Waals surface area (Å²) < 4.78 is 30.6. The fraction of sp³-hybridized carbons (Fsp3) is 0.364. The minimum absolute atomic E-state index is 0.319. The normalized spacial score (nSPS) is 11.1. The van der Waals surface area contributed by atoms with Crippen LogP contribution in [0.4, 0.5) is 8.78 Å². The second-order valence-electron chi connectivity index (χ2n) is 3.56. The van der Waals surface area contributed by atoms with Crippen LogP contribution in [0.5, 0.6) is 5.75 Å². The number of benzene rings is 1. The van der Waals surface area contributed by atoms with Gasteiger partial charge in [0.1, 0.15) is 5.75 Å². The van der Waals surface area contributed by atoms with Gasteiger partial charge >= 0.3 is 0 Å². The van der Waals surface area contributed by atoms with Crippen LogP contribution in [0.2, 0.25) is 5.02 Å². The Kier molecular flexibility index (Phi) is 5.30. The van der Waals surface area contributed by atoms with Crippen molar-refractivity contribution in [1.82, 2.24) is 5.32 Å². The van der Waals surface area contributed by atoms with E-state index in [1.807, 2.05) is 5.32 Å². The highest BCUT2D eigenvalue weighted by Crippen LogP contribution is 2.22. The molecule has 0 spiro atoms. The zero-order valence-electron chi connectivity index (χ0n) is 9.46. The molecular weight excluding hydrogens is 266 g/mol. The van der Waals surface area contributed by atoms with Gasteiger partial charge in [-0.15, -0.1) is 0 Å². The van der Waals surface area contributed by atoms with Crippen LogP contribution in [-0.4, -0.2) is 31.5 Å². The maximum atomic E-state index is 12.7. The van der Waals surface area contributed by atoms with Crippen molar-refractivity contribution in [3.63, 3.8) is 0 Å². The average molecular weight is 279 g/mol. The van der Waals surface area contributed by atoms with E-state index in [4.69, 9.17) is 22.1 Å². The number of hydrogen-bond donors (Lipinski definition) is 2. The third-order valence-electron chi connectivity index (χ3n) is 2.04. The zero-order valence-corrected chi connectivity index (χ0v) is 10.2. The van der Waals surface area contributed by atoms with Crippen molar-refractivity contribution in [2.45, 2.75) is 5.92 Å². The summed E-state index contributed by atoms with van der Waals surface area (Å²) >= 11 is 5.79. The summed E-state index contributed by atoms with van der Waals surface area (Å²) in [5, 5.41) is 2.37. The molecule has 0 heterocycles. The summed E-state index contributed by atoms with van der Waals surface area (Å²) in [5.41, 5.74) is 4.83. The molecule has 100 valence electrons. The first-order valence-corrected chi connectivity index (χ1v) is 5.54. The van der Waals surface area contributed by atoms with Gasteiger partial charge in [-0.2, -0.15) is 0 Å². The molecule has 0 atom stereocenters. The Hall–Kier alpha value is -1.40. The van der Waals surface area contributed by atoms with E-state index in [0.717, 1.165) is 0 Å². The van der Waals surface area contributed by atoms with Gasteiger partial charge < -0.3 is 15.8 Å². The van der Waals surface area contributed by atoms with Crippen LogP contribution in [0.1, 0.15) is 0 Å². The Morgan fingerprint density at radius 1 is 1.44 bits per heavy atom. The van der Waals surface area contributed by atoms with Gasteiger partial charge in [-0.25, -0.2) is 8.78 Å². The number of carbonyl (C=O) groups excluding carboxylic acids is 1. The molecule has 1 aromatic carbocycles. The molecule has 0 aliphatic rings. The van der Waals surface area contributed by atoms with Crippen LogP contribution in [-0.2, 0) is 4.79 Å². The summed E-state index contributed by atoms with van der Waals surface area (Å²) in [4.78, 5) is 11.2. The second-order valence-corrected chi connectivity index (χ2v) is 3.96. The number of hydrogen-bond acceptors (Lipinski definition) is 3. The molecule has 1 amide bonds. The van der Waals surface area contributed by atoms with E-state index in [0.29, 0.717) is 10.8 Å². The van der Waals surface area contributed by atoms with Crippen molar-refractivity contribution >= 4 is 17.5 Å². The molecule has 7 heteroatoms.